The number of nitrogens with zero attached hydrogens (tertiary/aromatic N) is 3. The number of quaternary nitrogens is 1. The average molecular weight is 515 g/mol. The fourth-order valence-electron chi connectivity index (χ4n) is 5.31. The molecule has 1 aromatic heterocycles. The van der Waals surface area contributed by atoms with Crippen LogP contribution in [0.5, 0.6) is 0 Å². The molecule has 3 aromatic rings. The van der Waals surface area contributed by atoms with E-state index in [1.807, 2.05) is 54.6 Å². The van der Waals surface area contributed by atoms with Crippen LogP contribution in [-0.2, 0) is 14.3 Å². The summed E-state index contributed by atoms with van der Waals surface area (Å²) >= 11 is 0. The van der Waals surface area contributed by atoms with Crippen LogP contribution >= 0.6 is 0 Å². The van der Waals surface area contributed by atoms with E-state index in [-0.39, 0.29) is 5.57 Å². The summed E-state index contributed by atoms with van der Waals surface area (Å²) in [6.07, 6.45) is 1.49. The standard InChI is InChI=1S/C30H34N4O4/c1-20(2)22-9-11-23(12-10-22)27-26(29(36)30(37)33(27)14-13-32-15-17-38-18-16-32)28(35)25-19-31-34(21(25)3)24-7-5-4-6-8-24/h4-12,19-20,27,35H,13-18H2,1-3H3. The lowest BCUT2D eigenvalue weighted by Crippen LogP contribution is -3.14. The van der Waals surface area contributed by atoms with Gasteiger partial charge in [-0.15, -0.1) is 0 Å². The Morgan fingerprint density at radius 1 is 1.08 bits per heavy atom. The molecule has 1 unspecified atom stereocenters. The maximum Gasteiger partial charge on any atom is 0.295 e. The van der Waals surface area contributed by atoms with E-state index in [4.69, 9.17) is 4.74 Å². The Labute approximate surface area is 223 Å². The second kappa shape index (κ2) is 10.9. The normalized spacial score (nSPS) is 20.0. The molecule has 5 rings (SSSR count). The summed E-state index contributed by atoms with van der Waals surface area (Å²) in [5.74, 6) is -1.44. The van der Waals surface area contributed by atoms with Crippen LogP contribution in [-0.4, -0.2) is 65.8 Å². The van der Waals surface area contributed by atoms with E-state index < -0.39 is 23.5 Å². The Hall–Kier alpha value is -3.75. The molecule has 2 aromatic carbocycles. The fraction of sp³-hybridized carbons (Fsp3) is 0.367. The number of likely N-dealkylation sites (tertiary alicyclic amines) is 1. The molecule has 1 atom stereocenters. The minimum atomic E-state index is -0.733. The van der Waals surface area contributed by atoms with E-state index in [0.717, 1.165) is 29.9 Å². The first kappa shape index (κ1) is 25.9. The Kier molecular flexibility index (Phi) is 7.44. The largest absolute Gasteiger partial charge is 0.872 e. The maximum atomic E-state index is 14.0. The number of amides is 1. The minimum Gasteiger partial charge on any atom is -0.872 e. The molecule has 38 heavy (non-hydrogen) atoms. The first-order chi connectivity index (χ1) is 18.4. The monoisotopic (exact) mass is 514 g/mol. The van der Waals surface area contributed by atoms with Crippen LogP contribution in [0, 0.1) is 6.92 Å². The summed E-state index contributed by atoms with van der Waals surface area (Å²) < 4.78 is 7.14. The predicted molar refractivity (Wildman–Crippen MR) is 142 cm³/mol. The molecule has 0 spiro atoms. The van der Waals surface area contributed by atoms with Gasteiger partial charge >= 0.3 is 0 Å². The van der Waals surface area contributed by atoms with Gasteiger partial charge in [-0.2, -0.15) is 5.10 Å². The third kappa shape index (κ3) is 4.89. The zero-order valence-corrected chi connectivity index (χ0v) is 22.1. The average Bonchev–Trinajstić information content (AvgIpc) is 3.45. The van der Waals surface area contributed by atoms with Gasteiger partial charge in [-0.25, -0.2) is 4.68 Å². The van der Waals surface area contributed by atoms with Crippen LogP contribution in [0.3, 0.4) is 0 Å². The molecular formula is C30H34N4O4. The van der Waals surface area contributed by atoms with Gasteiger partial charge in [0.25, 0.3) is 5.91 Å². The van der Waals surface area contributed by atoms with Crippen LogP contribution in [0.15, 0.2) is 66.4 Å². The quantitative estimate of drug-likeness (QED) is 0.293. The molecule has 3 heterocycles. The van der Waals surface area contributed by atoms with Gasteiger partial charge in [0.15, 0.2) is 0 Å². The highest BCUT2D eigenvalue weighted by atomic mass is 16.5. The summed E-state index contributed by atoms with van der Waals surface area (Å²) in [4.78, 5) is 29.7. The lowest BCUT2D eigenvalue weighted by molar-refractivity contribution is -0.907. The molecule has 8 heteroatoms. The number of carbonyl (C=O) groups excluding carboxylic acids is 2. The van der Waals surface area contributed by atoms with Crippen LogP contribution in [0.25, 0.3) is 11.4 Å². The minimum absolute atomic E-state index is 0.0000129. The van der Waals surface area contributed by atoms with E-state index >= 15 is 0 Å². The SMILES string of the molecule is Cc1c(C([O-])=C2C(=O)C(=O)N(CC[NH+]3CCOCC3)C2c2ccc(C(C)C)cc2)cnn1-c1ccccc1. The summed E-state index contributed by atoms with van der Waals surface area (Å²) in [5.41, 5.74) is 3.69. The third-order valence-corrected chi connectivity index (χ3v) is 7.61. The van der Waals surface area contributed by atoms with Gasteiger partial charge in [0, 0.05) is 16.8 Å². The first-order valence-corrected chi connectivity index (χ1v) is 13.2. The van der Waals surface area contributed by atoms with E-state index in [1.165, 1.54) is 11.1 Å². The van der Waals surface area contributed by atoms with Gasteiger partial charge in [0.2, 0.25) is 5.78 Å². The zero-order chi connectivity index (χ0) is 26.8. The highest BCUT2D eigenvalue weighted by Crippen LogP contribution is 2.39. The van der Waals surface area contributed by atoms with Crippen molar-refractivity contribution in [1.29, 1.82) is 0 Å². The predicted octanol–water partition coefficient (Wildman–Crippen LogP) is 1.44. The summed E-state index contributed by atoms with van der Waals surface area (Å²) in [6.45, 7) is 10.2. The Bertz CT molecular complexity index is 1340. The van der Waals surface area contributed by atoms with Crippen molar-refractivity contribution < 1.29 is 24.3 Å². The smallest absolute Gasteiger partial charge is 0.295 e. The molecule has 1 N–H and O–H groups in total. The number of aromatic nitrogens is 2. The van der Waals surface area contributed by atoms with E-state index in [9.17, 15) is 14.7 Å². The van der Waals surface area contributed by atoms with Crippen molar-refractivity contribution in [2.24, 2.45) is 0 Å². The number of hydrogen-bond donors (Lipinski definition) is 1. The van der Waals surface area contributed by atoms with Crippen LogP contribution in [0.4, 0.5) is 0 Å². The second-order valence-electron chi connectivity index (χ2n) is 10.3. The molecule has 2 saturated heterocycles. The highest BCUT2D eigenvalue weighted by molar-refractivity contribution is 6.46. The van der Waals surface area contributed by atoms with Crippen LogP contribution in [0.2, 0.25) is 0 Å². The lowest BCUT2D eigenvalue weighted by Gasteiger charge is -2.30. The van der Waals surface area contributed by atoms with Crippen molar-refractivity contribution in [2.45, 2.75) is 32.7 Å². The lowest BCUT2D eigenvalue weighted by atomic mass is 9.93. The van der Waals surface area contributed by atoms with Gasteiger partial charge in [0.1, 0.15) is 13.1 Å². The molecule has 2 fully saturated rings. The van der Waals surface area contributed by atoms with Crippen molar-refractivity contribution in [3.63, 3.8) is 0 Å². The number of ether oxygens (including phenoxy) is 1. The van der Waals surface area contributed by atoms with Gasteiger partial charge in [-0.3, -0.25) is 9.59 Å². The zero-order valence-electron chi connectivity index (χ0n) is 22.1. The molecule has 1 amide bonds. The maximum absolute atomic E-state index is 14.0. The highest BCUT2D eigenvalue weighted by Gasteiger charge is 2.44. The van der Waals surface area contributed by atoms with Crippen molar-refractivity contribution in [1.82, 2.24) is 14.7 Å². The van der Waals surface area contributed by atoms with Crippen molar-refractivity contribution in [3.8, 4) is 5.69 Å². The molecule has 2 aliphatic heterocycles. The molecular weight excluding hydrogens is 480 g/mol. The third-order valence-electron chi connectivity index (χ3n) is 7.61. The molecule has 0 aliphatic carbocycles. The second-order valence-corrected chi connectivity index (χ2v) is 10.3. The number of benzene rings is 2. The number of carbonyl (C=O) groups is 2. The molecule has 8 nitrogen and oxygen atoms in total. The van der Waals surface area contributed by atoms with Gasteiger partial charge in [0.05, 0.1) is 44.2 Å². The van der Waals surface area contributed by atoms with E-state index in [1.54, 1.807) is 16.5 Å². The van der Waals surface area contributed by atoms with E-state index in [0.29, 0.717) is 43.5 Å². The number of para-hydroxylation sites is 1. The fourth-order valence-corrected chi connectivity index (χ4v) is 5.31. The number of morpholine rings is 1. The van der Waals surface area contributed by atoms with Gasteiger partial charge in [-0.05, 0) is 36.1 Å². The number of Topliss-reactive ketones (excluding diaryl/α,β-unsaturated/α-hetero) is 1. The topological polar surface area (TPSA) is 91.9 Å². The molecule has 2 aliphatic rings. The van der Waals surface area contributed by atoms with Crippen LogP contribution in [0.1, 0.15) is 48.2 Å². The Morgan fingerprint density at radius 3 is 2.42 bits per heavy atom. The first-order valence-electron chi connectivity index (χ1n) is 13.2. The number of ketones is 1. The summed E-state index contributed by atoms with van der Waals surface area (Å²) in [6, 6.07) is 16.7. The van der Waals surface area contributed by atoms with Crippen molar-refractivity contribution in [3.05, 3.63) is 88.8 Å². The molecule has 0 bridgehead atoms. The van der Waals surface area contributed by atoms with Crippen molar-refractivity contribution in [2.75, 3.05) is 39.4 Å². The Morgan fingerprint density at radius 2 is 1.76 bits per heavy atom. The molecule has 0 radical (unpaired) electrons. The number of nitrogens with one attached hydrogen (secondary N) is 1. The van der Waals surface area contributed by atoms with Gasteiger partial charge in [-0.1, -0.05) is 62.1 Å². The number of rotatable bonds is 7. The number of hydrogen-bond acceptors (Lipinski definition) is 5. The summed E-state index contributed by atoms with van der Waals surface area (Å²) in [5, 5.41) is 18.4. The Balaban J connectivity index is 1.56. The van der Waals surface area contributed by atoms with Crippen LogP contribution < -0.4 is 10.0 Å². The molecule has 0 saturated carbocycles. The van der Waals surface area contributed by atoms with Gasteiger partial charge < -0.3 is 19.6 Å². The van der Waals surface area contributed by atoms with E-state index in [2.05, 4.69) is 18.9 Å². The van der Waals surface area contributed by atoms with Crippen molar-refractivity contribution >= 4 is 17.4 Å². The molecule has 198 valence electrons. The summed E-state index contributed by atoms with van der Waals surface area (Å²) in [7, 11) is 0.